The fourth-order valence-corrected chi connectivity index (χ4v) is 0.744. The third-order valence-electron chi connectivity index (χ3n) is 0.469. The fraction of sp³-hybridized carbons (Fsp3) is 0.833. The molecule has 0 atom stereocenters. The topological polar surface area (TPSA) is 78.6 Å². The van der Waals surface area contributed by atoms with E-state index in [9.17, 15) is 9.36 Å². The molecule has 0 heterocycles. The monoisotopic (exact) mass is 196 g/mol. The highest BCUT2D eigenvalue weighted by Crippen LogP contribution is 2.21. The summed E-state index contributed by atoms with van der Waals surface area (Å²) in [6.07, 6.45) is 0. The van der Waals surface area contributed by atoms with Crippen LogP contribution in [0.2, 0.25) is 0 Å². The van der Waals surface area contributed by atoms with Crippen molar-refractivity contribution in [2.75, 3.05) is 13.2 Å². The second-order valence-electron chi connectivity index (χ2n) is 1.67. The van der Waals surface area contributed by atoms with Gasteiger partial charge in [-0.1, -0.05) is 0 Å². The van der Waals surface area contributed by atoms with Crippen LogP contribution in [0.5, 0.6) is 0 Å². The Bertz CT molecular complexity index is 128. The highest BCUT2D eigenvalue weighted by atomic mass is 31.1. The van der Waals surface area contributed by atoms with Crippen LogP contribution in [0.25, 0.3) is 0 Å². The van der Waals surface area contributed by atoms with Gasteiger partial charge in [-0.2, -0.15) is 0 Å². The normalized spacial score (nSPS) is 8.25. The van der Waals surface area contributed by atoms with Crippen molar-refractivity contribution in [3.8, 4) is 0 Å². The molecular formula is C6H15NO4P+. The molecule has 5 nitrogen and oxygen atoms in total. The summed E-state index contributed by atoms with van der Waals surface area (Å²) in [7, 11) is -1.83. The van der Waals surface area contributed by atoms with Crippen LogP contribution in [0.4, 0.5) is 0 Å². The van der Waals surface area contributed by atoms with Crippen molar-refractivity contribution in [1.82, 2.24) is 0 Å². The maximum absolute atomic E-state index is 10.3. The Kier molecular flexibility index (Phi) is 12.3. The maximum Gasteiger partial charge on any atom is 0.697 e. The molecule has 0 aromatic heterocycles. The van der Waals surface area contributed by atoms with Gasteiger partial charge in [-0.3, -0.25) is 4.79 Å². The first-order valence-electron chi connectivity index (χ1n) is 3.53. The van der Waals surface area contributed by atoms with Crippen LogP contribution < -0.4 is 5.73 Å². The first-order valence-corrected chi connectivity index (χ1v) is 4.63. The lowest BCUT2D eigenvalue weighted by Gasteiger charge is -1.78. The van der Waals surface area contributed by atoms with Gasteiger partial charge in [0.15, 0.2) is 0 Å². The lowest BCUT2D eigenvalue weighted by atomic mass is 10.8. The van der Waals surface area contributed by atoms with Crippen LogP contribution >= 0.6 is 8.25 Å². The van der Waals surface area contributed by atoms with E-state index in [1.807, 2.05) is 0 Å². The van der Waals surface area contributed by atoms with Crippen molar-refractivity contribution in [3.63, 3.8) is 0 Å². The zero-order chi connectivity index (χ0) is 9.98. The second-order valence-corrected chi connectivity index (χ2v) is 2.63. The fourth-order valence-electron chi connectivity index (χ4n) is 0.248. The average molecular weight is 196 g/mol. The summed E-state index contributed by atoms with van der Waals surface area (Å²) in [4.78, 5) is 9.22. The highest BCUT2D eigenvalue weighted by molar-refractivity contribution is 7.33. The van der Waals surface area contributed by atoms with Crippen LogP contribution in [0, 0.1) is 0 Å². The molecule has 0 aliphatic carbocycles. The van der Waals surface area contributed by atoms with Crippen LogP contribution in [0.15, 0.2) is 0 Å². The molecule has 0 aromatic carbocycles. The molecule has 12 heavy (non-hydrogen) atoms. The lowest BCUT2D eigenvalue weighted by molar-refractivity contribution is -0.115. The molecule has 72 valence electrons. The Hall–Kier alpha value is -0.510. The van der Waals surface area contributed by atoms with Crippen molar-refractivity contribution in [1.29, 1.82) is 0 Å². The molecule has 1 amide bonds. The Morgan fingerprint density at radius 1 is 1.33 bits per heavy atom. The number of primary amides is 1. The van der Waals surface area contributed by atoms with E-state index < -0.39 is 8.25 Å². The predicted octanol–water partition coefficient (Wildman–Crippen LogP) is 1.21. The minimum Gasteiger partial charge on any atom is -0.370 e. The van der Waals surface area contributed by atoms with Gasteiger partial charge in [0.2, 0.25) is 5.91 Å². The van der Waals surface area contributed by atoms with E-state index in [-0.39, 0.29) is 5.91 Å². The second kappa shape index (κ2) is 10.5. The van der Waals surface area contributed by atoms with Gasteiger partial charge >= 0.3 is 8.25 Å². The average Bonchev–Trinajstić information content (AvgIpc) is 1.87. The first kappa shape index (κ1) is 14.0. The summed E-state index contributed by atoms with van der Waals surface area (Å²) < 4.78 is 19.5. The molecule has 0 saturated heterocycles. The number of amides is 1. The van der Waals surface area contributed by atoms with Gasteiger partial charge in [0, 0.05) is 11.5 Å². The Morgan fingerprint density at radius 3 is 1.75 bits per heavy atom. The van der Waals surface area contributed by atoms with Gasteiger partial charge in [-0.15, -0.1) is 9.05 Å². The van der Waals surface area contributed by atoms with Gasteiger partial charge in [-0.25, -0.2) is 0 Å². The van der Waals surface area contributed by atoms with Crippen molar-refractivity contribution in [3.05, 3.63) is 0 Å². The molecule has 0 aliphatic heterocycles. The summed E-state index contributed by atoms with van der Waals surface area (Å²) in [6.45, 7) is 5.73. The van der Waals surface area contributed by atoms with Crippen LogP contribution in [-0.2, 0) is 18.4 Å². The quantitative estimate of drug-likeness (QED) is 0.685. The van der Waals surface area contributed by atoms with Crippen LogP contribution in [-0.4, -0.2) is 19.1 Å². The Balaban J connectivity index is 0. The minimum atomic E-state index is -1.83. The number of hydrogen-bond donors (Lipinski definition) is 1. The van der Waals surface area contributed by atoms with Crippen LogP contribution in [0.3, 0.4) is 0 Å². The molecule has 0 radical (unpaired) electrons. The molecule has 2 N–H and O–H groups in total. The predicted molar refractivity (Wildman–Crippen MR) is 45.7 cm³/mol. The molecule has 0 fully saturated rings. The molecule has 0 spiro atoms. The van der Waals surface area contributed by atoms with E-state index in [1.165, 1.54) is 6.92 Å². The molecule has 6 heteroatoms. The van der Waals surface area contributed by atoms with Crippen LogP contribution in [0.1, 0.15) is 20.8 Å². The lowest BCUT2D eigenvalue weighted by Crippen LogP contribution is -2.01. The van der Waals surface area contributed by atoms with Crippen molar-refractivity contribution in [2.45, 2.75) is 20.8 Å². The summed E-state index contributed by atoms with van der Waals surface area (Å²) in [5, 5.41) is 0. The molecule has 0 aliphatic rings. The smallest absolute Gasteiger partial charge is 0.370 e. The zero-order valence-electron chi connectivity index (χ0n) is 7.57. The maximum atomic E-state index is 10.3. The summed E-state index contributed by atoms with van der Waals surface area (Å²) in [6, 6.07) is 0. The van der Waals surface area contributed by atoms with E-state index in [0.29, 0.717) is 13.2 Å². The third kappa shape index (κ3) is 22.7. The summed E-state index contributed by atoms with van der Waals surface area (Å²) in [5.74, 6) is -0.333. The third-order valence-corrected chi connectivity index (χ3v) is 1.41. The van der Waals surface area contributed by atoms with Gasteiger partial charge < -0.3 is 5.73 Å². The van der Waals surface area contributed by atoms with Gasteiger partial charge in [0.1, 0.15) is 13.2 Å². The SMILES string of the molecule is CC(N)=O.CCO[P+](=O)OCC. The van der Waals surface area contributed by atoms with Gasteiger partial charge in [-0.05, 0) is 13.8 Å². The standard InChI is InChI=1S/C4H10O3P.C2H5NO/c1-3-6-8(5)7-4-2;1-2(3)4/h3-4H2,1-2H3;1H3,(H2,3,4)/q+1;. The van der Waals surface area contributed by atoms with Gasteiger partial charge in [0.05, 0.1) is 0 Å². The van der Waals surface area contributed by atoms with Crippen molar-refractivity contribution in [2.24, 2.45) is 5.73 Å². The Morgan fingerprint density at radius 2 is 1.58 bits per heavy atom. The Labute approximate surface area is 73.2 Å². The van der Waals surface area contributed by atoms with E-state index in [4.69, 9.17) is 0 Å². The molecule has 0 unspecified atom stereocenters. The van der Waals surface area contributed by atoms with Crippen molar-refractivity contribution >= 4 is 14.2 Å². The number of hydrogen-bond acceptors (Lipinski definition) is 4. The van der Waals surface area contributed by atoms with Crippen molar-refractivity contribution < 1.29 is 18.4 Å². The van der Waals surface area contributed by atoms with E-state index in [2.05, 4.69) is 14.8 Å². The molecule has 0 bridgehead atoms. The number of nitrogens with two attached hydrogens (primary N) is 1. The molecular weight excluding hydrogens is 181 g/mol. The zero-order valence-corrected chi connectivity index (χ0v) is 8.47. The van der Waals surface area contributed by atoms with Gasteiger partial charge in [0.25, 0.3) is 0 Å². The minimum absolute atomic E-state index is 0.333. The molecule has 0 rings (SSSR count). The first-order chi connectivity index (χ1) is 5.54. The number of carbonyl (C=O) groups is 1. The largest absolute Gasteiger partial charge is 0.697 e. The van der Waals surface area contributed by atoms with E-state index in [1.54, 1.807) is 13.8 Å². The number of carbonyl (C=O) groups excluding carboxylic acids is 1. The highest BCUT2D eigenvalue weighted by Gasteiger charge is 2.15. The molecule has 0 saturated carbocycles. The van der Waals surface area contributed by atoms with E-state index in [0.717, 1.165) is 0 Å². The molecule has 0 aromatic rings. The van der Waals surface area contributed by atoms with E-state index >= 15 is 0 Å². The summed E-state index contributed by atoms with van der Waals surface area (Å²) in [5.41, 5.74) is 4.47. The summed E-state index contributed by atoms with van der Waals surface area (Å²) >= 11 is 0. The number of rotatable bonds is 4.